The third-order valence-electron chi connectivity index (χ3n) is 3.40. The third kappa shape index (κ3) is 3.26. The molecule has 20 heavy (non-hydrogen) atoms. The Balaban J connectivity index is 2.28. The summed E-state index contributed by atoms with van der Waals surface area (Å²) in [4.78, 5) is 10.1. The van der Waals surface area contributed by atoms with Crippen LogP contribution in [0.25, 0.3) is 0 Å². The molecule has 1 aliphatic rings. The highest BCUT2D eigenvalue weighted by Gasteiger charge is 2.37. The molecule has 110 valence electrons. The number of benzene rings is 1. The fourth-order valence-corrected chi connectivity index (χ4v) is 2.99. The predicted octanol–water partition coefficient (Wildman–Crippen LogP) is 1.84. The average molecular weight is 299 g/mol. The lowest BCUT2D eigenvalue weighted by Crippen LogP contribution is -2.16. The standard InChI is InChI=1S/C12H17N3O4S/c1-2-3-8-6-10(8)14-11-7-9(15(16)17)4-5-12(11)20(13,18)19/h4-5,7-8,10,14H,2-3,6H2,1H3,(H2,13,18,19)/t8-,10+/m0/s1. The molecule has 8 heteroatoms. The molecule has 0 radical (unpaired) electrons. The molecule has 1 aromatic rings. The molecule has 0 spiro atoms. The lowest BCUT2D eigenvalue weighted by atomic mass is 10.2. The van der Waals surface area contributed by atoms with Crippen molar-refractivity contribution in [1.82, 2.24) is 0 Å². The minimum atomic E-state index is -3.91. The molecule has 1 aliphatic carbocycles. The Morgan fingerprint density at radius 2 is 2.20 bits per heavy atom. The van der Waals surface area contributed by atoms with E-state index in [4.69, 9.17) is 5.14 Å². The van der Waals surface area contributed by atoms with Crippen LogP contribution in [0.5, 0.6) is 0 Å². The zero-order chi connectivity index (χ0) is 14.9. The summed E-state index contributed by atoms with van der Waals surface area (Å²) in [5.41, 5.74) is 0.0536. The number of primary sulfonamides is 1. The van der Waals surface area contributed by atoms with Crippen LogP contribution in [0.1, 0.15) is 26.2 Å². The van der Waals surface area contributed by atoms with Gasteiger partial charge in [0.05, 0.1) is 10.6 Å². The van der Waals surface area contributed by atoms with Crippen molar-refractivity contribution < 1.29 is 13.3 Å². The molecule has 1 fully saturated rings. The van der Waals surface area contributed by atoms with Gasteiger partial charge in [0, 0.05) is 18.2 Å². The first-order valence-corrected chi connectivity index (χ1v) is 7.95. The topological polar surface area (TPSA) is 115 Å². The molecule has 1 aromatic carbocycles. The van der Waals surface area contributed by atoms with E-state index in [2.05, 4.69) is 12.2 Å². The maximum atomic E-state index is 11.5. The number of nitrogens with one attached hydrogen (secondary N) is 1. The van der Waals surface area contributed by atoms with Crippen molar-refractivity contribution in [2.24, 2.45) is 11.1 Å². The summed E-state index contributed by atoms with van der Waals surface area (Å²) in [5.74, 6) is 0.493. The molecule has 0 heterocycles. The third-order valence-corrected chi connectivity index (χ3v) is 4.37. The molecule has 0 aliphatic heterocycles. The number of hydrogen-bond donors (Lipinski definition) is 2. The van der Waals surface area contributed by atoms with Gasteiger partial charge >= 0.3 is 0 Å². The maximum absolute atomic E-state index is 11.5. The highest BCUT2D eigenvalue weighted by atomic mass is 32.2. The van der Waals surface area contributed by atoms with Crippen molar-refractivity contribution in [2.75, 3.05) is 5.32 Å². The molecule has 1 saturated carbocycles. The van der Waals surface area contributed by atoms with E-state index in [-0.39, 0.29) is 22.3 Å². The van der Waals surface area contributed by atoms with Crippen molar-refractivity contribution in [3.8, 4) is 0 Å². The zero-order valence-electron chi connectivity index (χ0n) is 11.1. The molecule has 0 unspecified atom stereocenters. The van der Waals surface area contributed by atoms with Gasteiger partial charge in [-0.2, -0.15) is 0 Å². The van der Waals surface area contributed by atoms with E-state index in [1.54, 1.807) is 0 Å². The van der Waals surface area contributed by atoms with Crippen LogP contribution >= 0.6 is 0 Å². The van der Waals surface area contributed by atoms with Gasteiger partial charge in [-0.3, -0.25) is 10.1 Å². The average Bonchev–Trinajstić information content (AvgIpc) is 3.06. The summed E-state index contributed by atoms with van der Waals surface area (Å²) < 4.78 is 23.0. The molecule has 0 bridgehead atoms. The van der Waals surface area contributed by atoms with Crippen LogP contribution in [-0.2, 0) is 10.0 Å². The molecular weight excluding hydrogens is 282 g/mol. The highest BCUT2D eigenvalue weighted by Crippen LogP contribution is 2.39. The Morgan fingerprint density at radius 1 is 1.50 bits per heavy atom. The van der Waals surface area contributed by atoms with E-state index in [0.717, 1.165) is 25.3 Å². The molecule has 0 aromatic heterocycles. The fourth-order valence-electron chi connectivity index (χ4n) is 2.31. The lowest BCUT2D eigenvalue weighted by Gasteiger charge is -2.10. The van der Waals surface area contributed by atoms with E-state index in [0.29, 0.717) is 5.92 Å². The molecule has 2 rings (SSSR count). The van der Waals surface area contributed by atoms with Gasteiger partial charge in [-0.05, 0) is 24.8 Å². The van der Waals surface area contributed by atoms with Crippen LogP contribution < -0.4 is 10.5 Å². The Morgan fingerprint density at radius 3 is 2.75 bits per heavy atom. The minimum absolute atomic E-state index is 0.106. The Labute approximate surface area is 117 Å². The van der Waals surface area contributed by atoms with E-state index < -0.39 is 14.9 Å². The fraction of sp³-hybridized carbons (Fsp3) is 0.500. The van der Waals surface area contributed by atoms with Crippen molar-refractivity contribution in [3.05, 3.63) is 28.3 Å². The van der Waals surface area contributed by atoms with Gasteiger partial charge in [0.15, 0.2) is 0 Å². The number of nitrogens with two attached hydrogens (primary N) is 1. The second-order valence-electron chi connectivity index (χ2n) is 5.02. The molecule has 0 saturated heterocycles. The Kier molecular flexibility index (Phi) is 3.96. The van der Waals surface area contributed by atoms with Gasteiger partial charge in [-0.25, -0.2) is 13.6 Å². The van der Waals surface area contributed by atoms with Gasteiger partial charge in [-0.1, -0.05) is 13.3 Å². The second kappa shape index (κ2) is 5.37. The second-order valence-corrected chi connectivity index (χ2v) is 6.55. The van der Waals surface area contributed by atoms with Crippen LogP contribution in [0.15, 0.2) is 23.1 Å². The normalized spacial score (nSPS) is 21.5. The molecular formula is C12H17N3O4S. The van der Waals surface area contributed by atoms with E-state index >= 15 is 0 Å². The summed E-state index contributed by atoms with van der Waals surface area (Å²) in [5, 5.41) is 19.0. The Hall–Kier alpha value is -1.67. The monoisotopic (exact) mass is 299 g/mol. The number of nitro benzene ring substituents is 1. The van der Waals surface area contributed by atoms with E-state index in [1.807, 2.05) is 0 Å². The van der Waals surface area contributed by atoms with Gasteiger partial charge in [0.25, 0.3) is 5.69 Å². The van der Waals surface area contributed by atoms with E-state index in [9.17, 15) is 18.5 Å². The number of rotatable bonds is 6. The number of nitrogens with zero attached hydrogens (tertiary/aromatic N) is 1. The molecule has 3 N–H and O–H groups in total. The largest absolute Gasteiger partial charge is 0.381 e. The minimum Gasteiger partial charge on any atom is -0.381 e. The van der Waals surface area contributed by atoms with Crippen LogP contribution in [0.4, 0.5) is 11.4 Å². The highest BCUT2D eigenvalue weighted by molar-refractivity contribution is 7.89. The SMILES string of the molecule is CCC[C@H]1C[C@H]1Nc1cc([N+](=O)[O-])ccc1S(N)(=O)=O. The molecule has 0 amide bonds. The van der Waals surface area contributed by atoms with Crippen LogP contribution in [0, 0.1) is 16.0 Å². The van der Waals surface area contributed by atoms with Gasteiger partial charge in [0.2, 0.25) is 10.0 Å². The van der Waals surface area contributed by atoms with Crippen LogP contribution in [0.2, 0.25) is 0 Å². The number of nitro groups is 1. The summed E-state index contributed by atoms with van der Waals surface area (Å²) in [7, 11) is -3.91. The summed E-state index contributed by atoms with van der Waals surface area (Å²) in [6.07, 6.45) is 3.05. The van der Waals surface area contributed by atoms with Gasteiger partial charge < -0.3 is 5.32 Å². The lowest BCUT2D eigenvalue weighted by molar-refractivity contribution is -0.384. The molecule has 7 nitrogen and oxygen atoms in total. The quantitative estimate of drug-likeness (QED) is 0.614. The van der Waals surface area contributed by atoms with Crippen LogP contribution in [0.3, 0.4) is 0 Å². The number of hydrogen-bond acceptors (Lipinski definition) is 5. The summed E-state index contributed by atoms with van der Waals surface area (Å²) >= 11 is 0. The first-order valence-electron chi connectivity index (χ1n) is 6.40. The number of anilines is 1. The smallest absolute Gasteiger partial charge is 0.271 e. The van der Waals surface area contributed by atoms with Crippen molar-refractivity contribution in [3.63, 3.8) is 0 Å². The first-order chi connectivity index (χ1) is 9.32. The van der Waals surface area contributed by atoms with Crippen molar-refractivity contribution >= 4 is 21.4 Å². The van der Waals surface area contributed by atoms with E-state index in [1.165, 1.54) is 12.1 Å². The predicted molar refractivity (Wildman–Crippen MR) is 74.9 cm³/mol. The first kappa shape index (κ1) is 14.7. The number of sulfonamides is 1. The van der Waals surface area contributed by atoms with Gasteiger partial charge in [-0.15, -0.1) is 0 Å². The van der Waals surface area contributed by atoms with Crippen molar-refractivity contribution in [1.29, 1.82) is 0 Å². The number of non-ortho nitro benzene ring substituents is 1. The van der Waals surface area contributed by atoms with Gasteiger partial charge in [0.1, 0.15) is 4.90 Å². The summed E-state index contributed by atoms with van der Waals surface area (Å²) in [6.45, 7) is 2.08. The van der Waals surface area contributed by atoms with Crippen LogP contribution in [-0.4, -0.2) is 19.4 Å². The zero-order valence-corrected chi connectivity index (χ0v) is 11.9. The molecule has 2 atom stereocenters. The maximum Gasteiger partial charge on any atom is 0.271 e. The Bertz CT molecular complexity index is 630. The van der Waals surface area contributed by atoms with Crippen molar-refractivity contribution in [2.45, 2.75) is 37.1 Å². The summed E-state index contributed by atoms with van der Waals surface area (Å²) in [6, 6.07) is 3.70.